The molecule has 1 aliphatic rings. The molecule has 2 aromatic rings. The fourth-order valence-corrected chi connectivity index (χ4v) is 2.95. The van der Waals surface area contributed by atoms with Gasteiger partial charge in [0.15, 0.2) is 0 Å². The van der Waals surface area contributed by atoms with E-state index in [-0.39, 0.29) is 11.7 Å². The Balaban J connectivity index is 2.14. The van der Waals surface area contributed by atoms with Gasteiger partial charge in [-0.3, -0.25) is 4.57 Å². The SMILES string of the molecule is CC(C)N[C@@H]1CCn2c(=O)[nH]c3cccc(c32)[C@@H]1O. The van der Waals surface area contributed by atoms with Crippen LogP contribution < -0.4 is 11.0 Å². The molecule has 0 radical (unpaired) electrons. The number of rotatable bonds is 2. The Morgan fingerprint density at radius 3 is 3.00 bits per heavy atom. The van der Waals surface area contributed by atoms with Gasteiger partial charge in [-0.15, -0.1) is 0 Å². The van der Waals surface area contributed by atoms with E-state index in [1.54, 1.807) is 4.57 Å². The van der Waals surface area contributed by atoms with Crippen LogP contribution in [0.25, 0.3) is 11.0 Å². The van der Waals surface area contributed by atoms with Crippen molar-refractivity contribution in [3.63, 3.8) is 0 Å². The highest BCUT2D eigenvalue weighted by atomic mass is 16.3. The van der Waals surface area contributed by atoms with E-state index in [1.165, 1.54) is 0 Å². The second-order valence-electron chi connectivity index (χ2n) is 5.49. The van der Waals surface area contributed by atoms with Crippen LogP contribution in [0, 0.1) is 0 Å². The maximum atomic E-state index is 11.9. The predicted molar refractivity (Wildman–Crippen MR) is 74.2 cm³/mol. The number of hydrogen-bond donors (Lipinski definition) is 3. The number of nitrogens with zero attached hydrogens (tertiary/aromatic N) is 1. The molecule has 0 aliphatic carbocycles. The van der Waals surface area contributed by atoms with E-state index in [4.69, 9.17) is 0 Å². The molecule has 1 aromatic heterocycles. The second-order valence-corrected chi connectivity index (χ2v) is 5.49. The normalized spacial score (nSPS) is 22.9. The van der Waals surface area contributed by atoms with E-state index in [1.807, 2.05) is 18.2 Å². The summed E-state index contributed by atoms with van der Waals surface area (Å²) in [6.45, 7) is 4.74. The summed E-state index contributed by atoms with van der Waals surface area (Å²) in [6, 6.07) is 5.93. The minimum Gasteiger partial charge on any atom is -0.387 e. The highest BCUT2D eigenvalue weighted by Gasteiger charge is 2.28. The van der Waals surface area contributed by atoms with E-state index in [2.05, 4.69) is 24.1 Å². The Labute approximate surface area is 111 Å². The molecule has 0 fully saturated rings. The van der Waals surface area contributed by atoms with Crippen molar-refractivity contribution in [2.24, 2.45) is 0 Å². The molecule has 3 rings (SSSR count). The van der Waals surface area contributed by atoms with E-state index in [0.29, 0.717) is 12.6 Å². The van der Waals surface area contributed by atoms with Crippen LogP contribution in [-0.2, 0) is 6.54 Å². The summed E-state index contributed by atoms with van der Waals surface area (Å²) in [7, 11) is 0. The number of hydrogen-bond acceptors (Lipinski definition) is 3. The Morgan fingerprint density at radius 2 is 2.26 bits per heavy atom. The summed E-state index contributed by atoms with van der Waals surface area (Å²) in [5.74, 6) is 0. The van der Waals surface area contributed by atoms with E-state index < -0.39 is 6.10 Å². The van der Waals surface area contributed by atoms with Gasteiger partial charge in [-0.2, -0.15) is 0 Å². The van der Waals surface area contributed by atoms with E-state index >= 15 is 0 Å². The molecule has 5 nitrogen and oxygen atoms in total. The highest BCUT2D eigenvalue weighted by Crippen LogP contribution is 2.29. The third-order valence-electron chi connectivity index (χ3n) is 3.73. The third-order valence-corrected chi connectivity index (χ3v) is 3.73. The number of nitrogens with one attached hydrogen (secondary N) is 2. The molecular weight excluding hydrogens is 242 g/mol. The van der Waals surface area contributed by atoms with Crippen LogP contribution in [0.4, 0.5) is 0 Å². The fourth-order valence-electron chi connectivity index (χ4n) is 2.95. The Kier molecular flexibility index (Phi) is 2.95. The first-order valence-electron chi connectivity index (χ1n) is 6.73. The molecule has 0 saturated carbocycles. The molecule has 5 heteroatoms. The van der Waals surface area contributed by atoms with Crippen LogP contribution in [-0.4, -0.2) is 26.7 Å². The van der Waals surface area contributed by atoms with Gasteiger partial charge in [-0.05, 0) is 12.5 Å². The number of aliphatic hydroxyl groups is 1. The lowest BCUT2D eigenvalue weighted by Crippen LogP contribution is -2.39. The smallest absolute Gasteiger partial charge is 0.326 e. The predicted octanol–water partition coefficient (Wildman–Crippen LogP) is 1.13. The largest absolute Gasteiger partial charge is 0.387 e. The number of imidazole rings is 1. The minimum absolute atomic E-state index is 0.0232. The van der Waals surface area contributed by atoms with E-state index in [0.717, 1.165) is 23.0 Å². The lowest BCUT2D eigenvalue weighted by atomic mass is 9.99. The molecule has 1 aliphatic heterocycles. The molecule has 0 saturated heterocycles. The van der Waals surface area contributed by atoms with Crippen molar-refractivity contribution >= 4 is 11.0 Å². The van der Waals surface area contributed by atoms with Crippen LogP contribution in [0.1, 0.15) is 31.9 Å². The summed E-state index contributed by atoms with van der Waals surface area (Å²) < 4.78 is 1.73. The number of aliphatic hydroxyl groups excluding tert-OH is 1. The first-order valence-corrected chi connectivity index (χ1v) is 6.73. The van der Waals surface area contributed by atoms with E-state index in [9.17, 15) is 9.90 Å². The van der Waals surface area contributed by atoms with Crippen molar-refractivity contribution in [1.82, 2.24) is 14.9 Å². The number of benzene rings is 1. The van der Waals surface area contributed by atoms with Gasteiger partial charge in [0.1, 0.15) is 0 Å². The molecule has 1 aromatic carbocycles. The molecule has 0 amide bonds. The average Bonchev–Trinajstić information content (AvgIpc) is 2.61. The van der Waals surface area contributed by atoms with Crippen molar-refractivity contribution in [1.29, 1.82) is 0 Å². The quantitative estimate of drug-likeness (QED) is 0.759. The average molecular weight is 261 g/mol. The number of para-hydroxylation sites is 1. The van der Waals surface area contributed by atoms with Gasteiger partial charge in [-0.1, -0.05) is 26.0 Å². The molecule has 2 heterocycles. The van der Waals surface area contributed by atoms with Crippen LogP contribution >= 0.6 is 0 Å². The molecule has 3 N–H and O–H groups in total. The molecule has 0 bridgehead atoms. The fraction of sp³-hybridized carbons (Fsp3) is 0.500. The van der Waals surface area contributed by atoms with Gasteiger partial charge in [-0.25, -0.2) is 4.79 Å². The van der Waals surface area contributed by atoms with Gasteiger partial charge in [0, 0.05) is 24.2 Å². The van der Waals surface area contributed by atoms with Gasteiger partial charge < -0.3 is 15.4 Å². The Hall–Kier alpha value is -1.59. The molecule has 19 heavy (non-hydrogen) atoms. The second kappa shape index (κ2) is 4.51. The maximum Gasteiger partial charge on any atom is 0.326 e. The summed E-state index contributed by atoms with van der Waals surface area (Å²) >= 11 is 0. The monoisotopic (exact) mass is 261 g/mol. The van der Waals surface area contributed by atoms with Crippen molar-refractivity contribution in [2.45, 2.75) is 45.0 Å². The number of H-pyrrole nitrogens is 1. The zero-order valence-corrected chi connectivity index (χ0v) is 11.2. The zero-order valence-electron chi connectivity index (χ0n) is 11.2. The molecule has 0 spiro atoms. The van der Waals surface area contributed by atoms with Crippen LogP contribution in [0.2, 0.25) is 0 Å². The van der Waals surface area contributed by atoms with Gasteiger partial charge in [0.05, 0.1) is 17.1 Å². The molecule has 2 atom stereocenters. The van der Waals surface area contributed by atoms with Crippen molar-refractivity contribution in [2.75, 3.05) is 0 Å². The molecule has 102 valence electrons. The molecular formula is C14H19N3O2. The van der Waals surface area contributed by atoms with Crippen LogP contribution in [0.3, 0.4) is 0 Å². The molecule has 0 unspecified atom stereocenters. The summed E-state index contributed by atoms with van der Waals surface area (Å²) in [5, 5.41) is 14.0. The lowest BCUT2D eigenvalue weighted by molar-refractivity contribution is 0.121. The topological polar surface area (TPSA) is 70.0 Å². The van der Waals surface area contributed by atoms with Gasteiger partial charge >= 0.3 is 5.69 Å². The Morgan fingerprint density at radius 1 is 1.47 bits per heavy atom. The number of aryl methyl sites for hydroxylation is 1. The van der Waals surface area contributed by atoms with Crippen molar-refractivity contribution < 1.29 is 5.11 Å². The summed E-state index contributed by atoms with van der Waals surface area (Å²) in [6.07, 6.45) is 0.149. The van der Waals surface area contributed by atoms with Gasteiger partial charge in [0.2, 0.25) is 0 Å². The highest BCUT2D eigenvalue weighted by molar-refractivity contribution is 5.79. The standard InChI is InChI=1S/C14H19N3O2/c1-8(2)15-11-6-7-17-12-9(13(11)18)4-3-5-10(12)16-14(17)19/h3-5,8,11,13,15,18H,6-7H2,1-2H3,(H,16,19)/t11-,13+/m1/s1. The zero-order chi connectivity index (χ0) is 13.6. The first-order chi connectivity index (χ1) is 9.08. The first kappa shape index (κ1) is 12.4. The van der Waals surface area contributed by atoms with Crippen molar-refractivity contribution in [3.05, 3.63) is 34.2 Å². The maximum absolute atomic E-state index is 11.9. The summed E-state index contributed by atoms with van der Waals surface area (Å²) in [5.41, 5.74) is 2.37. The van der Waals surface area contributed by atoms with Crippen molar-refractivity contribution in [3.8, 4) is 0 Å². The third kappa shape index (κ3) is 1.99. The van der Waals surface area contributed by atoms with Crippen LogP contribution in [0.5, 0.6) is 0 Å². The van der Waals surface area contributed by atoms with Gasteiger partial charge in [0.25, 0.3) is 0 Å². The minimum atomic E-state index is -0.588. The van der Waals surface area contributed by atoms with Crippen LogP contribution in [0.15, 0.2) is 23.0 Å². The lowest BCUT2D eigenvalue weighted by Gasteiger charge is -2.24. The Bertz CT molecular complexity index is 656. The number of aromatic amines is 1. The number of aromatic nitrogens is 2. The summed E-state index contributed by atoms with van der Waals surface area (Å²) in [4.78, 5) is 14.8.